The number of ether oxygens (including phenoxy) is 1. The van der Waals surface area contributed by atoms with E-state index >= 15 is 0 Å². The standard InChI is InChI=1S/C15H16F2N2O/c1-18-14(12-5-4-11(16)8-13(12)17)7-10-3-6-15(20-2)19-9-10/h3-6,8-9,14,18H,7H2,1-2H3. The number of rotatable bonds is 5. The molecule has 0 spiro atoms. The van der Waals surface area contributed by atoms with Crippen LogP contribution in [0.4, 0.5) is 8.78 Å². The van der Waals surface area contributed by atoms with Crippen LogP contribution in [0.25, 0.3) is 0 Å². The lowest BCUT2D eigenvalue weighted by atomic mass is 9.99. The Hall–Kier alpha value is -2.01. The van der Waals surface area contributed by atoms with Gasteiger partial charge < -0.3 is 10.1 Å². The van der Waals surface area contributed by atoms with E-state index in [1.54, 1.807) is 26.4 Å². The Morgan fingerprint density at radius 2 is 2.05 bits per heavy atom. The summed E-state index contributed by atoms with van der Waals surface area (Å²) in [6, 6.07) is 7.00. The molecule has 1 atom stereocenters. The maximum atomic E-state index is 13.8. The van der Waals surface area contributed by atoms with E-state index in [9.17, 15) is 8.78 Å². The molecule has 0 aliphatic carbocycles. The number of pyridine rings is 1. The lowest BCUT2D eigenvalue weighted by Crippen LogP contribution is -2.20. The van der Waals surface area contributed by atoms with E-state index in [0.29, 0.717) is 17.9 Å². The molecule has 1 heterocycles. The molecule has 1 unspecified atom stereocenters. The highest BCUT2D eigenvalue weighted by molar-refractivity contribution is 5.26. The highest BCUT2D eigenvalue weighted by Gasteiger charge is 2.15. The minimum Gasteiger partial charge on any atom is -0.481 e. The van der Waals surface area contributed by atoms with Gasteiger partial charge in [0.25, 0.3) is 0 Å². The molecule has 0 radical (unpaired) electrons. The Bertz CT molecular complexity index is 573. The molecule has 0 saturated carbocycles. The predicted octanol–water partition coefficient (Wildman–Crippen LogP) is 2.87. The van der Waals surface area contributed by atoms with E-state index < -0.39 is 11.6 Å². The monoisotopic (exact) mass is 278 g/mol. The average molecular weight is 278 g/mol. The lowest BCUT2D eigenvalue weighted by molar-refractivity contribution is 0.397. The smallest absolute Gasteiger partial charge is 0.212 e. The first kappa shape index (κ1) is 14.4. The Kier molecular flexibility index (Phi) is 4.63. The van der Waals surface area contributed by atoms with Crippen molar-refractivity contribution in [3.05, 3.63) is 59.3 Å². The van der Waals surface area contributed by atoms with Gasteiger partial charge in [0.05, 0.1) is 7.11 Å². The number of hydrogen-bond donors (Lipinski definition) is 1. The van der Waals surface area contributed by atoms with Crippen LogP contribution < -0.4 is 10.1 Å². The van der Waals surface area contributed by atoms with Crippen LogP contribution in [0.2, 0.25) is 0 Å². The molecular weight excluding hydrogens is 262 g/mol. The van der Waals surface area contributed by atoms with E-state index in [1.807, 2.05) is 6.07 Å². The van der Waals surface area contributed by atoms with Gasteiger partial charge in [0, 0.05) is 29.9 Å². The van der Waals surface area contributed by atoms with Crippen molar-refractivity contribution >= 4 is 0 Å². The van der Waals surface area contributed by atoms with Crippen molar-refractivity contribution in [2.24, 2.45) is 0 Å². The Morgan fingerprint density at radius 3 is 2.60 bits per heavy atom. The van der Waals surface area contributed by atoms with Crippen molar-refractivity contribution in [3.8, 4) is 5.88 Å². The molecule has 0 fully saturated rings. The van der Waals surface area contributed by atoms with Gasteiger partial charge in [-0.25, -0.2) is 13.8 Å². The van der Waals surface area contributed by atoms with E-state index in [-0.39, 0.29) is 6.04 Å². The largest absolute Gasteiger partial charge is 0.481 e. The van der Waals surface area contributed by atoms with Crippen molar-refractivity contribution < 1.29 is 13.5 Å². The second-order valence-corrected chi connectivity index (χ2v) is 4.42. The Labute approximate surface area is 116 Å². The van der Waals surface area contributed by atoms with Gasteiger partial charge in [-0.05, 0) is 25.1 Å². The SMILES string of the molecule is CNC(Cc1ccc(OC)nc1)c1ccc(F)cc1F. The van der Waals surface area contributed by atoms with Crippen LogP contribution in [-0.4, -0.2) is 19.1 Å². The van der Waals surface area contributed by atoms with Gasteiger partial charge in [0.15, 0.2) is 0 Å². The second-order valence-electron chi connectivity index (χ2n) is 4.42. The fraction of sp³-hybridized carbons (Fsp3) is 0.267. The Balaban J connectivity index is 2.19. The molecule has 2 rings (SSSR count). The summed E-state index contributed by atoms with van der Waals surface area (Å²) in [7, 11) is 3.29. The third kappa shape index (κ3) is 3.30. The average Bonchev–Trinajstić information content (AvgIpc) is 2.46. The van der Waals surface area contributed by atoms with Gasteiger partial charge in [-0.15, -0.1) is 0 Å². The van der Waals surface area contributed by atoms with E-state index in [2.05, 4.69) is 10.3 Å². The topological polar surface area (TPSA) is 34.1 Å². The molecule has 3 nitrogen and oxygen atoms in total. The molecule has 0 aliphatic heterocycles. The zero-order valence-electron chi connectivity index (χ0n) is 11.4. The van der Waals surface area contributed by atoms with E-state index in [4.69, 9.17) is 4.74 Å². The van der Waals surface area contributed by atoms with E-state index in [0.717, 1.165) is 11.6 Å². The zero-order chi connectivity index (χ0) is 14.5. The number of halogens is 2. The van der Waals surface area contributed by atoms with Crippen LogP contribution in [0, 0.1) is 11.6 Å². The van der Waals surface area contributed by atoms with Crippen molar-refractivity contribution in [1.29, 1.82) is 0 Å². The van der Waals surface area contributed by atoms with Gasteiger partial charge in [-0.2, -0.15) is 0 Å². The first-order valence-corrected chi connectivity index (χ1v) is 6.25. The lowest BCUT2D eigenvalue weighted by Gasteiger charge is -2.17. The number of benzene rings is 1. The fourth-order valence-corrected chi connectivity index (χ4v) is 2.04. The first-order chi connectivity index (χ1) is 9.63. The van der Waals surface area contributed by atoms with Crippen LogP contribution in [0.5, 0.6) is 5.88 Å². The molecule has 1 aromatic heterocycles. The number of methoxy groups -OCH3 is 1. The molecule has 0 aliphatic rings. The number of nitrogens with zero attached hydrogens (tertiary/aromatic N) is 1. The highest BCUT2D eigenvalue weighted by Crippen LogP contribution is 2.22. The summed E-state index contributed by atoms with van der Waals surface area (Å²) in [5.74, 6) is -0.597. The zero-order valence-corrected chi connectivity index (χ0v) is 11.4. The number of hydrogen-bond acceptors (Lipinski definition) is 3. The third-order valence-corrected chi connectivity index (χ3v) is 3.13. The number of nitrogens with one attached hydrogen (secondary N) is 1. The van der Waals surface area contributed by atoms with Gasteiger partial charge in [0.1, 0.15) is 11.6 Å². The minimum absolute atomic E-state index is 0.245. The molecule has 0 amide bonds. The van der Waals surface area contributed by atoms with Crippen LogP contribution >= 0.6 is 0 Å². The molecule has 0 saturated heterocycles. The second kappa shape index (κ2) is 6.43. The molecule has 106 valence electrons. The molecular formula is C15H16F2N2O. The fourth-order valence-electron chi connectivity index (χ4n) is 2.04. The van der Waals surface area contributed by atoms with Crippen LogP contribution in [0.15, 0.2) is 36.5 Å². The Morgan fingerprint density at radius 1 is 1.25 bits per heavy atom. The molecule has 20 heavy (non-hydrogen) atoms. The van der Waals surface area contributed by atoms with Crippen molar-refractivity contribution in [3.63, 3.8) is 0 Å². The summed E-state index contributed by atoms with van der Waals surface area (Å²) in [5.41, 5.74) is 1.37. The maximum absolute atomic E-state index is 13.8. The van der Waals surface area contributed by atoms with Crippen LogP contribution in [-0.2, 0) is 6.42 Å². The quantitative estimate of drug-likeness (QED) is 0.913. The molecule has 5 heteroatoms. The molecule has 1 N–H and O–H groups in total. The minimum atomic E-state index is -0.577. The van der Waals surface area contributed by atoms with Crippen molar-refractivity contribution in [1.82, 2.24) is 10.3 Å². The molecule has 0 bridgehead atoms. The van der Waals surface area contributed by atoms with Gasteiger partial charge in [-0.3, -0.25) is 0 Å². The van der Waals surface area contributed by atoms with Crippen LogP contribution in [0.3, 0.4) is 0 Å². The predicted molar refractivity (Wildman–Crippen MR) is 72.7 cm³/mol. The third-order valence-electron chi connectivity index (χ3n) is 3.13. The highest BCUT2D eigenvalue weighted by atomic mass is 19.1. The molecule has 2 aromatic rings. The summed E-state index contributed by atoms with van der Waals surface area (Å²) in [5, 5.41) is 3.03. The van der Waals surface area contributed by atoms with Gasteiger partial charge in [-0.1, -0.05) is 12.1 Å². The summed E-state index contributed by atoms with van der Waals surface area (Å²) < 4.78 is 31.7. The molecule has 1 aromatic carbocycles. The van der Waals surface area contributed by atoms with Gasteiger partial charge in [0.2, 0.25) is 5.88 Å². The number of likely N-dealkylation sites (N-methyl/N-ethyl adjacent to an activating group) is 1. The first-order valence-electron chi connectivity index (χ1n) is 6.25. The summed E-state index contributed by atoms with van der Waals surface area (Å²) in [6.07, 6.45) is 2.24. The van der Waals surface area contributed by atoms with Crippen LogP contribution in [0.1, 0.15) is 17.2 Å². The van der Waals surface area contributed by atoms with Crippen molar-refractivity contribution in [2.75, 3.05) is 14.2 Å². The maximum Gasteiger partial charge on any atom is 0.212 e. The summed E-state index contributed by atoms with van der Waals surface area (Å²) >= 11 is 0. The summed E-state index contributed by atoms with van der Waals surface area (Å²) in [6.45, 7) is 0. The van der Waals surface area contributed by atoms with E-state index in [1.165, 1.54) is 12.1 Å². The summed E-state index contributed by atoms with van der Waals surface area (Å²) in [4.78, 5) is 4.11. The normalized spacial score (nSPS) is 12.2. The van der Waals surface area contributed by atoms with Crippen molar-refractivity contribution in [2.45, 2.75) is 12.5 Å². The van der Waals surface area contributed by atoms with Gasteiger partial charge >= 0.3 is 0 Å². The number of aromatic nitrogens is 1.